The number of aromatic nitrogens is 2. The Morgan fingerprint density at radius 3 is 2.82 bits per heavy atom. The van der Waals surface area contributed by atoms with Crippen molar-refractivity contribution in [1.82, 2.24) is 14.9 Å². The minimum atomic E-state index is 0. The van der Waals surface area contributed by atoms with Crippen LogP contribution in [-0.4, -0.2) is 43.9 Å². The van der Waals surface area contributed by atoms with Crippen molar-refractivity contribution in [2.45, 2.75) is 12.3 Å². The third-order valence-corrected chi connectivity index (χ3v) is 4.75. The molecule has 1 N–H and O–H groups in total. The Hall–Kier alpha value is -1.30. The van der Waals surface area contributed by atoms with Crippen LogP contribution in [0.4, 0.5) is 0 Å². The molecule has 0 fully saturated rings. The van der Waals surface area contributed by atoms with E-state index in [1.54, 1.807) is 11.3 Å². The predicted molar refractivity (Wildman–Crippen MR) is 101 cm³/mol. The molecule has 0 aliphatic heterocycles. The third kappa shape index (κ3) is 3.54. The standard InChI is InChI=1S/C16H18ClN3S.BH3/c1-20(2)6-5-12-9-18-15-4-3-11(7-14(12)15)16-19-13(8-17)10-21-16;/h3-4,7,9-10,18H,5-6,8H2,1-2H3;1H3. The second kappa shape index (κ2) is 7.31. The third-order valence-electron chi connectivity index (χ3n) is 3.53. The van der Waals surface area contributed by atoms with Crippen molar-refractivity contribution in [3.63, 3.8) is 0 Å². The highest BCUT2D eigenvalue weighted by Gasteiger charge is 2.09. The maximum atomic E-state index is 5.84. The summed E-state index contributed by atoms with van der Waals surface area (Å²) < 4.78 is 0. The highest BCUT2D eigenvalue weighted by molar-refractivity contribution is 7.13. The lowest BCUT2D eigenvalue weighted by atomic mass is 10.1. The Balaban J connectivity index is 0.00000176. The zero-order chi connectivity index (χ0) is 14.8. The minimum absolute atomic E-state index is 0. The van der Waals surface area contributed by atoms with E-state index in [9.17, 15) is 0 Å². The number of likely N-dealkylation sites (N-methyl/N-ethyl adjacent to an activating group) is 1. The average Bonchev–Trinajstić information content (AvgIpc) is 3.11. The summed E-state index contributed by atoms with van der Waals surface area (Å²) in [5.41, 5.74) is 4.64. The highest BCUT2D eigenvalue weighted by atomic mass is 35.5. The molecule has 0 amide bonds. The van der Waals surface area contributed by atoms with Crippen LogP contribution >= 0.6 is 22.9 Å². The minimum Gasteiger partial charge on any atom is -0.361 e. The van der Waals surface area contributed by atoms with Crippen LogP contribution in [0.25, 0.3) is 21.5 Å². The quantitative estimate of drug-likeness (QED) is 0.575. The fourth-order valence-corrected chi connectivity index (χ4v) is 3.41. The van der Waals surface area contributed by atoms with Gasteiger partial charge in [-0.3, -0.25) is 0 Å². The van der Waals surface area contributed by atoms with Crippen molar-refractivity contribution in [1.29, 1.82) is 0 Å². The number of alkyl halides is 1. The van der Waals surface area contributed by atoms with Gasteiger partial charge in [-0.15, -0.1) is 22.9 Å². The van der Waals surface area contributed by atoms with Gasteiger partial charge in [-0.2, -0.15) is 0 Å². The topological polar surface area (TPSA) is 31.9 Å². The zero-order valence-corrected chi connectivity index (χ0v) is 13.8. The molecule has 0 saturated carbocycles. The largest absolute Gasteiger partial charge is 0.361 e. The average molecular weight is 334 g/mol. The smallest absolute Gasteiger partial charge is 0.123 e. The molecule has 0 bridgehead atoms. The first-order valence-electron chi connectivity index (χ1n) is 6.93. The van der Waals surface area contributed by atoms with Gasteiger partial charge < -0.3 is 9.88 Å². The molecule has 3 aromatic rings. The van der Waals surface area contributed by atoms with Crippen molar-refractivity contribution in [2.75, 3.05) is 20.6 Å². The van der Waals surface area contributed by atoms with Gasteiger partial charge in [0.2, 0.25) is 0 Å². The van der Waals surface area contributed by atoms with Crippen LogP contribution in [0.3, 0.4) is 0 Å². The molecule has 22 heavy (non-hydrogen) atoms. The van der Waals surface area contributed by atoms with Gasteiger partial charge in [0.15, 0.2) is 0 Å². The first-order chi connectivity index (χ1) is 10.2. The van der Waals surface area contributed by atoms with Crippen molar-refractivity contribution < 1.29 is 0 Å². The van der Waals surface area contributed by atoms with E-state index in [0.29, 0.717) is 5.88 Å². The lowest BCUT2D eigenvalue weighted by Gasteiger charge is -2.08. The Morgan fingerprint density at radius 1 is 1.32 bits per heavy atom. The Labute approximate surface area is 141 Å². The van der Waals surface area contributed by atoms with Crippen LogP contribution in [0.5, 0.6) is 0 Å². The number of hydrogen-bond donors (Lipinski definition) is 1. The molecule has 0 unspecified atom stereocenters. The molecule has 116 valence electrons. The molecule has 2 heterocycles. The van der Waals surface area contributed by atoms with Gasteiger partial charge in [0, 0.05) is 34.6 Å². The van der Waals surface area contributed by atoms with Crippen LogP contribution < -0.4 is 0 Å². The van der Waals surface area contributed by atoms with E-state index in [1.807, 2.05) is 5.38 Å². The van der Waals surface area contributed by atoms with Crippen molar-refractivity contribution >= 4 is 42.3 Å². The van der Waals surface area contributed by atoms with E-state index in [0.717, 1.165) is 29.2 Å². The van der Waals surface area contributed by atoms with Crippen molar-refractivity contribution in [2.24, 2.45) is 0 Å². The number of thiazole rings is 1. The summed E-state index contributed by atoms with van der Waals surface area (Å²) in [5, 5.41) is 4.35. The summed E-state index contributed by atoms with van der Waals surface area (Å²) >= 11 is 7.48. The van der Waals surface area contributed by atoms with E-state index in [2.05, 4.69) is 53.4 Å². The highest BCUT2D eigenvalue weighted by Crippen LogP contribution is 2.29. The predicted octanol–water partition coefficient (Wildman–Crippen LogP) is 2.95. The molecule has 2 aromatic heterocycles. The number of fused-ring (bicyclic) bond motifs is 1. The summed E-state index contributed by atoms with van der Waals surface area (Å²) in [7, 11) is 4.20. The van der Waals surface area contributed by atoms with Gasteiger partial charge in [-0.05, 0) is 44.3 Å². The van der Waals surface area contributed by atoms with Gasteiger partial charge in [-0.25, -0.2) is 4.98 Å². The van der Waals surface area contributed by atoms with Crippen LogP contribution in [-0.2, 0) is 12.3 Å². The Kier molecular flexibility index (Phi) is 5.67. The first kappa shape index (κ1) is 17.1. The first-order valence-corrected chi connectivity index (χ1v) is 8.34. The number of aromatic amines is 1. The normalized spacial score (nSPS) is 11.1. The number of nitrogens with zero attached hydrogens (tertiary/aromatic N) is 2. The number of H-pyrrole nitrogens is 1. The summed E-state index contributed by atoms with van der Waals surface area (Å²) in [4.78, 5) is 10.1. The molecule has 6 heteroatoms. The van der Waals surface area contributed by atoms with E-state index in [1.165, 1.54) is 16.5 Å². The van der Waals surface area contributed by atoms with Crippen LogP contribution in [0.1, 0.15) is 11.3 Å². The molecule has 0 spiro atoms. The summed E-state index contributed by atoms with van der Waals surface area (Å²) in [6.07, 6.45) is 3.16. The monoisotopic (exact) mass is 333 g/mol. The lowest BCUT2D eigenvalue weighted by molar-refractivity contribution is 0.414. The fraction of sp³-hybridized carbons (Fsp3) is 0.312. The summed E-state index contributed by atoms with van der Waals surface area (Å²) in [6.45, 7) is 1.05. The Bertz CT molecular complexity index is 751. The molecular formula is C16H21BClN3S. The SMILES string of the molecule is B.CN(C)CCc1c[nH]c2ccc(-c3nc(CCl)cs3)cc12. The van der Waals surface area contributed by atoms with Crippen molar-refractivity contribution in [3.05, 3.63) is 41.0 Å². The molecule has 0 aliphatic carbocycles. The van der Waals surface area contributed by atoms with E-state index >= 15 is 0 Å². The number of benzene rings is 1. The van der Waals surface area contributed by atoms with Crippen molar-refractivity contribution in [3.8, 4) is 10.6 Å². The number of nitrogens with one attached hydrogen (secondary N) is 1. The molecule has 0 radical (unpaired) electrons. The summed E-state index contributed by atoms with van der Waals surface area (Å²) in [5.74, 6) is 0.469. The molecule has 1 aromatic carbocycles. The van der Waals surface area contributed by atoms with E-state index in [4.69, 9.17) is 11.6 Å². The van der Waals surface area contributed by atoms with Gasteiger partial charge in [0.25, 0.3) is 0 Å². The van der Waals surface area contributed by atoms with Gasteiger partial charge in [0.05, 0.1) is 20.0 Å². The Morgan fingerprint density at radius 2 is 2.14 bits per heavy atom. The maximum absolute atomic E-state index is 5.84. The number of hydrogen-bond acceptors (Lipinski definition) is 3. The molecule has 3 nitrogen and oxygen atoms in total. The van der Waals surface area contributed by atoms with Crippen LogP contribution in [0.15, 0.2) is 29.8 Å². The fourth-order valence-electron chi connectivity index (χ4n) is 2.36. The van der Waals surface area contributed by atoms with Gasteiger partial charge in [0.1, 0.15) is 5.01 Å². The van der Waals surface area contributed by atoms with Crippen LogP contribution in [0.2, 0.25) is 0 Å². The number of rotatable bonds is 5. The van der Waals surface area contributed by atoms with Gasteiger partial charge in [-0.1, -0.05) is 0 Å². The van der Waals surface area contributed by atoms with E-state index in [-0.39, 0.29) is 8.41 Å². The van der Waals surface area contributed by atoms with Crippen LogP contribution in [0, 0.1) is 0 Å². The summed E-state index contributed by atoms with van der Waals surface area (Å²) in [6, 6.07) is 6.48. The van der Waals surface area contributed by atoms with E-state index < -0.39 is 0 Å². The number of halogens is 1. The second-order valence-corrected chi connectivity index (χ2v) is 6.53. The zero-order valence-electron chi connectivity index (χ0n) is 12.2. The molecule has 3 rings (SSSR count). The molecular weight excluding hydrogens is 313 g/mol. The molecule has 0 aliphatic rings. The maximum Gasteiger partial charge on any atom is 0.123 e. The molecule has 0 saturated heterocycles. The van der Waals surface area contributed by atoms with Gasteiger partial charge >= 0.3 is 0 Å². The lowest BCUT2D eigenvalue weighted by Crippen LogP contribution is -2.14. The second-order valence-electron chi connectivity index (χ2n) is 5.41. The molecule has 0 atom stereocenters.